The van der Waals surface area contributed by atoms with Gasteiger partial charge < -0.3 is 24.4 Å². The van der Waals surface area contributed by atoms with Gasteiger partial charge in [0.05, 0.1) is 18.1 Å². The largest absolute Gasteiger partial charge is 0.465 e. The van der Waals surface area contributed by atoms with Crippen LogP contribution in [0, 0.1) is 11.8 Å². The number of esters is 1. The Morgan fingerprint density at radius 3 is 2.51 bits per heavy atom. The maximum Gasteiger partial charge on any atom is 0.312 e. The first-order chi connectivity index (χ1) is 19.9. The molecule has 0 radical (unpaired) electrons. The number of nitrogens with zero attached hydrogens (tertiary/aromatic N) is 2. The van der Waals surface area contributed by atoms with E-state index in [1.807, 2.05) is 17.9 Å². The molecule has 230 valence electrons. The monoisotopic (exact) mass is 572 g/mol. The molecule has 1 spiro atoms. The van der Waals surface area contributed by atoms with Crippen LogP contribution in [-0.2, 0) is 23.9 Å². The van der Waals surface area contributed by atoms with Crippen LogP contribution in [0.3, 0.4) is 0 Å². The number of hydrogen-bond donors (Lipinski definition) is 1. The molecule has 1 N–H and O–H groups in total. The van der Waals surface area contributed by atoms with Crippen molar-refractivity contribution in [3.8, 4) is 0 Å². The van der Waals surface area contributed by atoms with Crippen molar-refractivity contribution in [2.24, 2.45) is 11.8 Å². The first-order valence-corrected chi connectivity index (χ1v) is 16.2. The van der Waals surface area contributed by atoms with E-state index >= 15 is 0 Å². The lowest BCUT2D eigenvalue weighted by Crippen LogP contribution is -2.58. The molecule has 1 aliphatic carbocycles. The summed E-state index contributed by atoms with van der Waals surface area (Å²) in [6, 6.07) is -0.625. The van der Waals surface area contributed by atoms with E-state index in [9.17, 15) is 19.5 Å². The van der Waals surface area contributed by atoms with Crippen molar-refractivity contribution in [2.45, 2.75) is 127 Å². The zero-order valence-electron chi connectivity index (χ0n) is 25.2. The van der Waals surface area contributed by atoms with Gasteiger partial charge in [0.1, 0.15) is 17.6 Å². The van der Waals surface area contributed by atoms with Crippen molar-refractivity contribution >= 4 is 17.8 Å². The minimum atomic E-state index is -1.02. The average Bonchev–Trinajstić information content (AvgIpc) is 3.59. The van der Waals surface area contributed by atoms with Crippen LogP contribution in [0.1, 0.15) is 103 Å². The summed E-state index contributed by atoms with van der Waals surface area (Å²) in [5.74, 6) is -1.98. The Labute approximate surface area is 246 Å². The van der Waals surface area contributed by atoms with Crippen LogP contribution in [0.15, 0.2) is 25.3 Å². The fraction of sp³-hybridized carbons (Fsp3) is 0.788. The van der Waals surface area contributed by atoms with E-state index in [0.29, 0.717) is 39.0 Å². The van der Waals surface area contributed by atoms with Gasteiger partial charge in [-0.3, -0.25) is 14.4 Å². The van der Waals surface area contributed by atoms with Gasteiger partial charge in [-0.25, -0.2) is 0 Å². The summed E-state index contributed by atoms with van der Waals surface area (Å²) in [5.41, 5.74) is -1.80. The quantitative estimate of drug-likeness (QED) is 0.151. The van der Waals surface area contributed by atoms with Crippen molar-refractivity contribution in [3.05, 3.63) is 25.3 Å². The number of rotatable bonds is 17. The van der Waals surface area contributed by atoms with Crippen LogP contribution in [0.5, 0.6) is 0 Å². The van der Waals surface area contributed by atoms with Crippen LogP contribution in [0.4, 0.5) is 0 Å². The molecule has 2 amide bonds. The Morgan fingerprint density at radius 2 is 1.83 bits per heavy atom. The molecule has 0 aromatic carbocycles. The minimum absolute atomic E-state index is 0.0617. The third kappa shape index (κ3) is 6.15. The number of likely N-dealkylation sites (tertiary alicyclic amines) is 1. The number of aliphatic hydroxyl groups excluding tert-OH is 1. The van der Waals surface area contributed by atoms with E-state index in [1.54, 1.807) is 11.0 Å². The van der Waals surface area contributed by atoms with E-state index in [-0.39, 0.29) is 30.4 Å². The Kier molecular flexibility index (Phi) is 11.1. The number of unbranched alkanes of at least 4 members (excludes halogenated alkanes) is 5. The first kappa shape index (κ1) is 31.7. The smallest absolute Gasteiger partial charge is 0.312 e. The van der Waals surface area contributed by atoms with E-state index in [0.717, 1.165) is 70.6 Å². The molecule has 8 heteroatoms. The van der Waals surface area contributed by atoms with Crippen molar-refractivity contribution in [3.63, 3.8) is 0 Å². The topological polar surface area (TPSA) is 96.4 Å². The number of aliphatic hydroxyl groups is 1. The van der Waals surface area contributed by atoms with Crippen molar-refractivity contribution in [1.82, 2.24) is 9.80 Å². The van der Waals surface area contributed by atoms with Gasteiger partial charge in [-0.15, -0.1) is 13.2 Å². The number of hydrogen-bond acceptors (Lipinski definition) is 6. The van der Waals surface area contributed by atoms with Gasteiger partial charge in [-0.05, 0) is 64.2 Å². The molecule has 3 saturated heterocycles. The summed E-state index contributed by atoms with van der Waals surface area (Å²) in [6.07, 6.45) is 16.4. The summed E-state index contributed by atoms with van der Waals surface area (Å²) >= 11 is 0. The lowest BCUT2D eigenvalue weighted by molar-refractivity contribution is -0.162. The van der Waals surface area contributed by atoms with Crippen molar-refractivity contribution in [2.75, 3.05) is 26.3 Å². The standard InChI is InChI=1S/C33H52N2O6/c1-4-7-8-16-24-40-31(39)27-26-29(37)35(22-14-9-10-15-23-36)28(33(26)20-19-32(27,6-3)41-33)30(38)34(21-5-2)25-17-12-11-13-18-25/h4-5,25-28,36H,1-2,6-24H2,3H3/t26-,27+,28?,32-,33?/m0/s1. The molecule has 0 aromatic heterocycles. The Bertz CT molecular complexity index is 948. The number of allylic oxidation sites excluding steroid dienone is 1. The van der Waals surface area contributed by atoms with E-state index in [1.165, 1.54) is 6.42 Å². The predicted octanol–water partition coefficient (Wildman–Crippen LogP) is 4.94. The molecule has 2 unspecified atom stereocenters. The Hall–Kier alpha value is -2.19. The fourth-order valence-corrected chi connectivity index (χ4v) is 8.11. The molecule has 41 heavy (non-hydrogen) atoms. The number of carbonyl (C=O) groups excluding carboxylic acids is 3. The second-order valence-corrected chi connectivity index (χ2v) is 12.5. The number of carbonyl (C=O) groups is 3. The second kappa shape index (κ2) is 14.3. The Morgan fingerprint density at radius 1 is 1.07 bits per heavy atom. The van der Waals surface area contributed by atoms with Crippen molar-refractivity contribution in [1.29, 1.82) is 0 Å². The number of amides is 2. The molecule has 0 aromatic rings. The lowest BCUT2D eigenvalue weighted by Gasteiger charge is -2.41. The Balaban J connectivity index is 1.64. The van der Waals surface area contributed by atoms with Crippen molar-refractivity contribution < 1.29 is 29.0 Å². The maximum atomic E-state index is 14.6. The van der Waals surface area contributed by atoms with Gasteiger partial charge in [0, 0.05) is 25.7 Å². The van der Waals surface area contributed by atoms with Gasteiger partial charge in [-0.2, -0.15) is 0 Å². The molecule has 4 fully saturated rings. The average molecular weight is 573 g/mol. The van der Waals surface area contributed by atoms with Crippen LogP contribution in [0.2, 0.25) is 0 Å². The zero-order chi connectivity index (χ0) is 29.5. The summed E-state index contributed by atoms with van der Waals surface area (Å²) in [6.45, 7) is 11.0. The summed E-state index contributed by atoms with van der Waals surface area (Å²) in [4.78, 5) is 46.4. The van der Waals surface area contributed by atoms with Crippen LogP contribution in [-0.4, -0.2) is 82.3 Å². The summed E-state index contributed by atoms with van der Waals surface area (Å²) in [7, 11) is 0. The van der Waals surface area contributed by atoms with E-state index < -0.39 is 29.1 Å². The van der Waals surface area contributed by atoms with E-state index in [4.69, 9.17) is 9.47 Å². The summed E-state index contributed by atoms with van der Waals surface area (Å²) < 4.78 is 12.7. The molecule has 3 heterocycles. The minimum Gasteiger partial charge on any atom is -0.465 e. The fourth-order valence-electron chi connectivity index (χ4n) is 8.11. The van der Waals surface area contributed by atoms with Crippen LogP contribution < -0.4 is 0 Å². The van der Waals surface area contributed by atoms with Gasteiger partial charge >= 0.3 is 5.97 Å². The van der Waals surface area contributed by atoms with Crippen LogP contribution >= 0.6 is 0 Å². The second-order valence-electron chi connectivity index (χ2n) is 12.5. The lowest BCUT2D eigenvalue weighted by atomic mass is 9.65. The molecule has 4 aliphatic rings. The van der Waals surface area contributed by atoms with Crippen LogP contribution in [0.25, 0.3) is 0 Å². The molecule has 1 saturated carbocycles. The highest BCUT2D eigenvalue weighted by Gasteiger charge is 2.79. The van der Waals surface area contributed by atoms with Gasteiger partial charge in [0.2, 0.25) is 11.8 Å². The third-order valence-corrected chi connectivity index (χ3v) is 10.1. The highest BCUT2D eigenvalue weighted by Crippen LogP contribution is 2.64. The van der Waals surface area contributed by atoms with Gasteiger partial charge in [0.25, 0.3) is 0 Å². The molecule has 8 nitrogen and oxygen atoms in total. The maximum absolute atomic E-state index is 14.6. The molecular weight excluding hydrogens is 520 g/mol. The highest BCUT2D eigenvalue weighted by molar-refractivity contribution is 5.98. The molecule has 5 atom stereocenters. The first-order valence-electron chi connectivity index (χ1n) is 16.2. The molecule has 4 rings (SSSR count). The summed E-state index contributed by atoms with van der Waals surface area (Å²) in [5, 5.41) is 9.19. The zero-order valence-corrected chi connectivity index (χ0v) is 25.2. The predicted molar refractivity (Wildman–Crippen MR) is 158 cm³/mol. The SMILES string of the molecule is C=CCCCCOC(=O)[C@H]1[C@H]2C(=O)N(CCCCCCO)C(C(=O)N(CC=C)C3CCCCC3)C23CC[C@]1(CC)O3. The molecule has 3 aliphatic heterocycles. The normalized spacial score (nSPS) is 30.8. The van der Waals surface area contributed by atoms with Gasteiger partial charge in [-0.1, -0.05) is 51.2 Å². The van der Waals surface area contributed by atoms with Gasteiger partial charge in [0.15, 0.2) is 0 Å². The number of fused-ring (bicyclic) bond motifs is 1. The molecular formula is C33H52N2O6. The molecule has 2 bridgehead atoms. The third-order valence-electron chi connectivity index (χ3n) is 10.1. The highest BCUT2D eigenvalue weighted by atomic mass is 16.6. The number of ether oxygens (including phenoxy) is 2. The van der Waals surface area contributed by atoms with E-state index in [2.05, 4.69) is 13.2 Å².